The predicted octanol–water partition coefficient (Wildman–Crippen LogP) is 6.00. The zero-order valence-corrected chi connectivity index (χ0v) is 22.6. The molecule has 0 atom stereocenters. The van der Waals surface area contributed by atoms with Crippen LogP contribution in [0.2, 0.25) is 18.1 Å². The van der Waals surface area contributed by atoms with E-state index in [1.807, 2.05) is 26.1 Å². The number of hydrogen-bond acceptors (Lipinski definition) is 4. The third-order valence-electron chi connectivity index (χ3n) is 6.64. The summed E-state index contributed by atoms with van der Waals surface area (Å²) in [5.74, 6) is -0.658. The molecule has 0 fully saturated rings. The van der Waals surface area contributed by atoms with Crippen LogP contribution in [0.5, 0.6) is 0 Å². The van der Waals surface area contributed by atoms with Gasteiger partial charge in [0, 0.05) is 6.26 Å². The second-order valence-electron chi connectivity index (χ2n) is 10.3. The smallest absolute Gasteiger partial charge is 0.246 e. The van der Waals surface area contributed by atoms with Gasteiger partial charge in [0.2, 0.25) is 14.2 Å². The van der Waals surface area contributed by atoms with Gasteiger partial charge in [-0.25, -0.2) is 18.3 Å². The first-order chi connectivity index (χ1) is 15.6. The van der Waals surface area contributed by atoms with Crippen LogP contribution in [0.1, 0.15) is 50.8 Å². The molecule has 1 amide bonds. The Balaban J connectivity index is 1.92. The lowest BCUT2D eigenvalue weighted by Crippen LogP contribution is -2.46. The van der Waals surface area contributed by atoms with Gasteiger partial charge in [0.1, 0.15) is 5.82 Å². The van der Waals surface area contributed by atoms with Gasteiger partial charge in [0.05, 0.1) is 11.3 Å². The Labute approximate surface area is 202 Å². The summed E-state index contributed by atoms with van der Waals surface area (Å²) in [6.07, 6.45) is 3.15. The van der Waals surface area contributed by atoms with Crippen molar-refractivity contribution in [3.8, 4) is 0 Å². The summed E-state index contributed by atoms with van der Waals surface area (Å²) in [5.41, 5.74) is 7.43. The minimum absolute atomic E-state index is 0.0544. The molecule has 0 heterocycles. The Morgan fingerprint density at radius 2 is 1.71 bits per heavy atom. The molecule has 2 aromatic carbocycles. The van der Waals surface area contributed by atoms with E-state index >= 15 is 0 Å². The molecular weight excluding hydrogens is 469 g/mol. The first kappa shape index (κ1) is 26.1. The molecule has 0 aliphatic heterocycles. The summed E-state index contributed by atoms with van der Waals surface area (Å²) >= 11 is 0. The molecular formula is C26H32FNO4SSi. The highest BCUT2D eigenvalue weighted by atomic mass is 32.2. The van der Waals surface area contributed by atoms with Crippen LogP contribution in [0, 0.1) is 5.82 Å². The van der Waals surface area contributed by atoms with Crippen LogP contribution in [0.4, 0.5) is 4.39 Å². The van der Waals surface area contributed by atoms with E-state index in [2.05, 4.69) is 26.3 Å². The van der Waals surface area contributed by atoms with Crippen molar-refractivity contribution >= 4 is 41.3 Å². The summed E-state index contributed by atoms with van der Waals surface area (Å²) in [4.78, 5) is 13.0. The molecule has 0 spiro atoms. The number of fused-ring (bicyclic) bond motifs is 1. The molecule has 1 aliphatic carbocycles. The van der Waals surface area contributed by atoms with Gasteiger partial charge in [-0.15, -0.1) is 0 Å². The predicted molar refractivity (Wildman–Crippen MR) is 137 cm³/mol. The molecule has 0 unspecified atom stereocenters. The van der Waals surface area contributed by atoms with Crippen LogP contribution < -0.4 is 5.48 Å². The van der Waals surface area contributed by atoms with Crippen molar-refractivity contribution in [2.75, 3.05) is 6.26 Å². The zero-order valence-electron chi connectivity index (χ0n) is 20.7. The minimum Gasteiger partial charge on any atom is -0.320 e. The van der Waals surface area contributed by atoms with E-state index < -0.39 is 18.2 Å². The quantitative estimate of drug-likeness (QED) is 0.389. The molecule has 0 radical (unpaired) electrons. The fraction of sp³-hybridized carbons (Fsp3) is 0.346. The van der Waals surface area contributed by atoms with Gasteiger partial charge in [-0.1, -0.05) is 39.0 Å². The molecule has 0 saturated heterocycles. The fourth-order valence-corrected chi connectivity index (χ4v) is 4.80. The van der Waals surface area contributed by atoms with Crippen LogP contribution >= 0.6 is 0 Å². The highest BCUT2D eigenvalue weighted by molar-refractivity contribution is 7.90. The Hall–Kier alpha value is -2.55. The van der Waals surface area contributed by atoms with E-state index in [9.17, 15) is 17.6 Å². The van der Waals surface area contributed by atoms with Gasteiger partial charge in [-0.3, -0.25) is 4.79 Å². The van der Waals surface area contributed by atoms with Crippen molar-refractivity contribution in [3.63, 3.8) is 0 Å². The summed E-state index contributed by atoms with van der Waals surface area (Å²) in [6.45, 7) is 12.3. The normalized spacial score (nSPS) is 15.6. The topological polar surface area (TPSA) is 72.5 Å². The fourth-order valence-electron chi connectivity index (χ4n) is 3.49. The number of hydroxylamine groups is 1. The lowest BCUT2D eigenvalue weighted by atomic mass is 10.0. The third kappa shape index (κ3) is 5.56. The summed E-state index contributed by atoms with van der Waals surface area (Å²) in [7, 11) is -5.45. The van der Waals surface area contributed by atoms with Gasteiger partial charge in [0.15, 0.2) is 9.84 Å². The van der Waals surface area contributed by atoms with Crippen molar-refractivity contribution in [1.82, 2.24) is 5.48 Å². The van der Waals surface area contributed by atoms with Gasteiger partial charge < -0.3 is 4.53 Å². The van der Waals surface area contributed by atoms with Crippen LogP contribution in [0.15, 0.2) is 52.9 Å². The van der Waals surface area contributed by atoms with Crippen molar-refractivity contribution in [2.45, 2.75) is 57.1 Å². The first-order valence-corrected chi connectivity index (χ1v) is 15.9. The highest BCUT2D eigenvalue weighted by Gasteiger charge is 2.39. The molecule has 8 heteroatoms. The van der Waals surface area contributed by atoms with E-state index in [1.165, 1.54) is 18.4 Å². The highest BCUT2D eigenvalue weighted by Crippen LogP contribution is 2.44. The monoisotopic (exact) mass is 501 g/mol. The molecule has 1 N–H and O–H groups in total. The molecule has 0 saturated carbocycles. The number of amides is 1. The average Bonchev–Trinajstić information content (AvgIpc) is 2.96. The third-order valence-corrected chi connectivity index (χ3v) is 12.0. The van der Waals surface area contributed by atoms with Crippen LogP contribution in [0.25, 0.3) is 17.2 Å². The number of allylic oxidation sites excluding steroid dienone is 2. The largest absolute Gasteiger partial charge is 0.320 e. The summed E-state index contributed by atoms with van der Waals surface area (Å²) in [5, 5.41) is -0.0544. The van der Waals surface area contributed by atoms with E-state index in [0.29, 0.717) is 5.56 Å². The molecule has 5 nitrogen and oxygen atoms in total. The Morgan fingerprint density at radius 1 is 1.09 bits per heavy atom. The van der Waals surface area contributed by atoms with Gasteiger partial charge >= 0.3 is 0 Å². The van der Waals surface area contributed by atoms with Crippen molar-refractivity contribution in [2.24, 2.45) is 0 Å². The molecule has 3 rings (SSSR count). The molecule has 1 aliphatic rings. The Bertz CT molecular complexity index is 1290. The molecule has 2 aromatic rings. The van der Waals surface area contributed by atoms with Crippen LogP contribution in [-0.4, -0.2) is 28.9 Å². The second kappa shape index (κ2) is 9.24. The van der Waals surface area contributed by atoms with Gasteiger partial charge in [-0.2, -0.15) is 0 Å². The number of carbonyl (C=O) groups is 1. The molecule has 182 valence electrons. The van der Waals surface area contributed by atoms with Crippen molar-refractivity contribution in [1.29, 1.82) is 0 Å². The van der Waals surface area contributed by atoms with Crippen LogP contribution in [-0.2, 0) is 19.2 Å². The molecule has 0 aromatic heterocycles. The summed E-state index contributed by atoms with van der Waals surface area (Å²) in [6, 6.07) is 11.2. The molecule has 0 bridgehead atoms. The standard InChI is InChI=1S/C26H32FNO4SSi/c1-17-22(14-18-8-11-20(12-9-18)33(5,30)31)21-13-10-19(27)15-24(21)23(17)16-25(29)28-32-34(6,7)26(2,3)4/h8-15H,16H2,1-7H3,(H,28,29)/b22-14+. The minimum atomic E-state index is -3.28. The lowest BCUT2D eigenvalue weighted by molar-refractivity contribution is -0.127. The van der Waals surface area contributed by atoms with Gasteiger partial charge in [-0.05, 0) is 88.8 Å². The van der Waals surface area contributed by atoms with Crippen LogP contribution in [0.3, 0.4) is 0 Å². The zero-order chi connectivity index (χ0) is 25.5. The molecule has 34 heavy (non-hydrogen) atoms. The lowest BCUT2D eigenvalue weighted by Gasteiger charge is -2.35. The Morgan fingerprint density at radius 3 is 2.26 bits per heavy atom. The second-order valence-corrected chi connectivity index (χ2v) is 17.0. The van der Waals surface area contributed by atoms with Crippen molar-refractivity contribution < 1.29 is 22.1 Å². The number of sulfone groups is 1. The number of carbonyl (C=O) groups excluding carboxylic acids is 1. The van der Waals surface area contributed by atoms with E-state index in [4.69, 9.17) is 4.53 Å². The maximum Gasteiger partial charge on any atom is 0.246 e. The maximum absolute atomic E-state index is 14.1. The number of nitrogens with one attached hydrogen (secondary N) is 1. The number of rotatable bonds is 6. The first-order valence-electron chi connectivity index (χ1n) is 11.1. The van der Waals surface area contributed by atoms with Gasteiger partial charge in [0.25, 0.3) is 0 Å². The Kier molecular flexibility index (Phi) is 7.08. The average molecular weight is 502 g/mol. The number of halogens is 1. The number of benzene rings is 2. The number of hydrogen-bond donors (Lipinski definition) is 1. The maximum atomic E-state index is 14.1. The SMILES string of the molecule is CC1=C(CC(=O)NO[Si](C)(C)C(C)(C)C)c2cc(F)ccc2/C1=C/c1ccc(S(C)(=O)=O)cc1. The summed E-state index contributed by atoms with van der Waals surface area (Å²) < 4.78 is 43.5. The van der Waals surface area contributed by atoms with E-state index in [1.54, 1.807) is 30.3 Å². The van der Waals surface area contributed by atoms with Crippen molar-refractivity contribution in [3.05, 3.63) is 70.5 Å². The van der Waals surface area contributed by atoms with E-state index in [-0.39, 0.29) is 28.1 Å². The van der Waals surface area contributed by atoms with E-state index in [0.717, 1.165) is 27.8 Å².